The second-order valence-electron chi connectivity index (χ2n) is 7.93. The molecule has 28 heavy (non-hydrogen) atoms. The summed E-state index contributed by atoms with van der Waals surface area (Å²) in [5.41, 5.74) is 8.41. The highest BCUT2D eigenvalue weighted by atomic mass is 16.2. The van der Waals surface area contributed by atoms with Crippen molar-refractivity contribution in [2.75, 3.05) is 0 Å². The molecule has 2 aliphatic rings. The number of carbonyl (C=O) groups excluding carboxylic acids is 1. The van der Waals surface area contributed by atoms with Gasteiger partial charge in [0.15, 0.2) is 0 Å². The van der Waals surface area contributed by atoms with Crippen molar-refractivity contribution in [3.05, 3.63) is 71.5 Å². The van der Waals surface area contributed by atoms with Crippen LogP contribution in [0.3, 0.4) is 0 Å². The highest BCUT2D eigenvalue weighted by Crippen LogP contribution is 2.40. The van der Waals surface area contributed by atoms with Gasteiger partial charge in [-0.25, -0.2) is 5.43 Å². The molecule has 2 aromatic carbocycles. The largest absolute Gasteiger partial charge is 0.361 e. The van der Waals surface area contributed by atoms with E-state index in [1.165, 1.54) is 16.5 Å². The van der Waals surface area contributed by atoms with Crippen molar-refractivity contribution in [3.63, 3.8) is 0 Å². The molecule has 4 aromatic rings. The molecular weight excluding hydrogens is 348 g/mol. The molecule has 2 N–H and O–H groups in total. The zero-order chi connectivity index (χ0) is 18.9. The summed E-state index contributed by atoms with van der Waals surface area (Å²) in [5, 5.41) is 6.78. The van der Waals surface area contributed by atoms with Gasteiger partial charge in [-0.15, -0.1) is 0 Å². The molecule has 0 spiro atoms. The number of H-pyrrole nitrogens is 1. The molecule has 0 bridgehead atoms. The van der Waals surface area contributed by atoms with E-state index in [2.05, 4.69) is 50.5 Å². The van der Waals surface area contributed by atoms with Gasteiger partial charge in [0.25, 0.3) is 5.91 Å². The Morgan fingerprint density at radius 3 is 2.89 bits per heavy atom. The monoisotopic (exact) mass is 368 g/mol. The number of hydrogen-bond acceptors (Lipinski definition) is 2. The Kier molecular flexibility index (Phi) is 3.00. The summed E-state index contributed by atoms with van der Waals surface area (Å²) in [6.07, 6.45) is 6.38. The van der Waals surface area contributed by atoms with Crippen LogP contribution in [0.15, 0.2) is 60.0 Å². The molecular formula is C23H20N4O. The Labute approximate surface area is 162 Å². The number of aryl methyl sites for hydroxylation is 2. The van der Waals surface area contributed by atoms with Crippen molar-refractivity contribution in [1.29, 1.82) is 0 Å². The summed E-state index contributed by atoms with van der Waals surface area (Å²) in [6, 6.07) is 14.6. The molecule has 138 valence electrons. The summed E-state index contributed by atoms with van der Waals surface area (Å²) < 4.78 is 2.32. The Bertz CT molecular complexity index is 1310. The first kappa shape index (κ1) is 15.7. The third-order valence-electron chi connectivity index (χ3n) is 6.41. The fourth-order valence-corrected chi connectivity index (χ4v) is 4.95. The summed E-state index contributed by atoms with van der Waals surface area (Å²) in [4.78, 5) is 16.4. The van der Waals surface area contributed by atoms with Crippen LogP contribution in [-0.4, -0.2) is 21.2 Å². The van der Waals surface area contributed by atoms with Crippen LogP contribution in [0.25, 0.3) is 21.8 Å². The predicted octanol–water partition coefficient (Wildman–Crippen LogP) is 3.86. The minimum atomic E-state index is -0.844. The first-order valence-electron chi connectivity index (χ1n) is 9.74. The number of aromatic nitrogens is 2. The molecule has 1 amide bonds. The van der Waals surface area contributed by atoms with Gasteiger partial charge in [-0.05, 0) is 37.0 Å². The van der Waals surface area contributed by atoms with Crippen molar-refractivity contribution in [3.8, 4) is 0 Å². The lowest BCUT2D eigenvalue weighted by molar-refractivity contribution is -0.122. The standard InChI is InChI=1S/C23H20N4O/c1-23(18-12-24-19-10-3-2-8-16(18)19)21(25-26-22(23)28)17-13-27-11-5-7-14-6-4-9-15(17)20(14)27/h2-4,6,8-10,12-13,24H,5,7,11H2,1H3,(H,26,28). The molecule has 0 saturated carbocycles. The number of rotatable bonds is 2. The molecule has 5 nitrogen and oxygen atoms in total. The van der Waals surface area contributed by atoms with Crippen LogP contribution in [-0.2, 0) is 23.2 Å². The van der Waals surface area contributed by atoms with E-state index in [1.807, 2.05) is 31.3 Å². The van der Waals surface area contributed by atoms with E-state index in [0.717, 1.165) is 47.1 Å². The van der Waals surface area contributed by atoms with Gasteiger partial charge in [-0.3, -0.25) is 4.79 Å². The minimum absolute atomic E-state index is 0.0841. The number of para-hydroxylation sites is 2. The molecule has 1 atom stereocenters. The van der Waals surface area contributed by atoms with Gasteiger partial charge in [0, 0.05) is 40.8 Å². The van der Waals surface area contributed by atoms with Crippen molar-refractivity contribution in [2.45, 2.75) is 31.7 Å². The maximum absolute atomic E-state index is 13.1. The number of benzene rings is 2. The molecule has 4 heterocycles. The topological polar surface area (TPSA) is 62.2 Å². The van der Waals surface area contributed by atoms with Crippen LogP contribution in [0.2, 0.25) is 0 Å². The lowest BCUT2D eigenvalue weighted by atomic mass is 9.75. The first-order chi connectivity index (χ1) is 13.7. The van der Waals surface area contributed by atoms with Crippen LogP contribution >= 0.6 is 0 Å². The maximum atomic E-state index is 13.1. The fraction of sp³-hybridized carbons (Fsp3) is 0.217. The Balaban J connectivity index is 1.61. The summed E-state index contributed by atoms with van der Waals surface area (Å²) in [6.45, 7) is 2.99. The molecule has 0 aliphatic carbocycles. The number of amides is 1. The van der Waals surface area contributed by atoms with Crippen LogP contribution in [0.1, 0.15) is 30.0 Å². The van der Waals surface area contributed by atoms with E-state index in [9.17, 15) is 4.79 Å². The molecule has 1 unspecified atom stereocenters. The number of fused-ring (bicyclic) bond motifs is 1. The number of hydrazone groups is 1. The van der Waals surface area contributed by atoms with Crippen molar-refractivity contribution < 1.29 is 4.79 Å². The average Bonchev–Trinajstić information content (AvgIpc) is 3.39. The molecule has 2 aromatic heterocycles. The van der Waals surface area contributed by atoms with Crippen molar-refractivity contribution in [2.24, 2.45) is 5.10 Å². The van der Waals surface area contributed by atoms with E-state index >= 15 is 0 Å². The highest BCUT2D eigenvalue weighted by molar-refractivity contribution is 6.28. The average molecular weight is 368 g/mol. The molecule has 0 saturated heterocycles. The third kappa shape index (κ3) is 1.86. The lowest BCUT2D eigenvalue weighted by Gasteiger charge is -2.22. The molecule has 2 aliphatic heterocycles. The van der Waals surface area contributed by atoms with Crippen LogP contribution < -0.4 is 5.43 Å². The third-order valence-corrected chi connectivity index (χ3v) is 6.41. The first-order valence-corrected chi connectivity index (χ1v) is 9.74. The second-order valence-corrected chi connectivity index (χ2v) is 7.93. The SMILES string of the molecule is CC1(c2c[nH]c3ccccc23)C(=O)NN=C1c1cn2c3c(cccc13)CCC2. The molecule has 0 radical (unpaired) electrons. The second kappa shape index (κ2) is 5.35. The van der Waals surface area contributed by atoms with E-state index < -0.39 is 5.41 Å². The molecule has 6 rings (SSSR count). The van der Waals surface area contributed by atoms with Crippen molar-refractivity contribution in [1.82, 2.24) is 15.0 Å². The van der Waals surface area contributed by atoms with Gasteiger partial charge < -0.3 is 9.55 Å². The Morgan fingerprint density at radius 2 is 1.96 bits per heavy atom. The van der Waals surface area contributed by atoms with E-state index in [-0.39, 0.29) is 5.91 Å². The fourth-order valence-electron chi connectivity index (χ4n) is 4.95. The number of carbonyl (C=O) groups is 1. The molecule has 5 heteroatoms. The Hall–Kier alpha value is -3.34. The van der Waals surface area contributed by atoms with Gasteiger partial charge in [-0.2, -0.15) is 5.10 Å². The smallest absolute Gasteiger partial charge is 0.256 e. The minimum Gasteiger partial charge on any atom is -0.361 e. The van der Waals surface area contributed by atoms with Crippen LogP contribution in [0.5, 0.6) is 0 Å². The van der Waals surface area contributed by atoms with Gasteiger partial charge >= 0.3 is 0 Å². The summed E-state index contributed by atoms with van der Waals surface area (Å²) >= 11 is 0. The zero-order valence-corrected chi connectivity index (χ0v) is 15.6. The predicted molar refractivity (Wildman–Crippen MR) is 111 cm³/mol. The van der Waals surface area contributed by atoms with Crippen LogP contribution in [0, 0.1) is 0 Å². The van der Waals surface area contributed by atoms with E-state index in [0.29, 0.717) is 0 Å². The molecule has 0 fully saturated rings. The van der Waals surface area contributed by atoms with Gasteiger partial charge in [0.1, 0.15) is 5.41 Å². The quantitative estimate of drug-likeness (QED) is 0.554. The zero-order valence-electron chi connectivity index (χ0n) is 15.6. The summed E-state index contributed by atoms with van der Waals surface area (Å²) in [7, 11) is 0. The lowest BCUT2D eigenvalue weighted by Crippen LogP contribution is -2.40. The number of nitrogens with one attached hydrogen (secondary N) is 2. The number of aromatic amines is 1. The highest BCUT2D eigenvalue weighted by Gasteiger charge is 2.47. The number of hydrogen-bond donors (Lipinski definition) is 2. The van der Waals surface area contributed by atoms with E-state index in [4.69, 9.17) is 0 Å². The normalized spacial score (nSPS) is 21.3. The van der Waals surface area contributed by atoms with Crippen LogP contribution in [0.4, 0.5) is 0 Å². The van der Waals surface area contributed by atoms with Gasteiger partial charge in [-0.1, -0.05) is 36.4 Å². The van der Waals surface area contributed by atoms with Gasteiger partial charge in [0.05, 0.1) is 11.2 Å². The van der Waals surface area contributed by atoms with E-state index in [1.54, 1.807) is 0 Å². The summed E-state index contributed by atoms with van der Waals surface area (Å²) in [5.74, 6) is -0.0841. The van der Waals surface area contributed by atoms with Gasteiger partial charge in [0.2, 0.25) is 0 Å². The maximum Gasteiger partial charge on any atom is 0.256 e. The Morgan fingerprint density at radius 1 is 1.11 bits per heavy atom. The number of nitrogens with zero attached hydrogens (tertiary/aromatic N) is 2. The van der Waals surface area contributed by atoms with Crippen molar-refractivity contribution >= 4 is 33.4 Å².